The molecule has 4 nitrogen and oxygen atoms in total. The third-order valence-electron chi connectivity index (χ3n) is 7.14. The van der Waals surface area contributed by atoms with Crippen molar-refractivity contribution >= 4 is 27.3 Å². The standard InChI is InChI=1S/C29H25BrO4/c1-29(2)24-14-20(34-21-15-32-28(33-16-21)17-6-4-3-5-7-17)9-11-23(24)27(31)26-22-10-8-19(30)12-18(22)13-25(26)29/h3-12,14,21,28H,13,15-16H2,1-2H3. The number of benzene rings is 3. The molecule has 34 heavy (non-hydrogen) atoms. The van der Waals surface area contributed by atoms with E-state index in [9.17, 15) is 4.79 Å². The number of carbonyl (C=O) groups excluding carboxylic acids is 1. The Hall–Kier alpha value is -2.73. The number of carbonyl (C=O) groups is 1. The molecule has 0 amide bonds. The quantitative estimate of drug-likeness (QED) is 0.402. The molecule has 6 rings (SSSR count). The van der Waals surface area contributed by atoms with Gasteiger partial charge < -0.3 is 14.2 Å². The number of allylic oxidation sites excluding steroid dienone is 2. The third kappa shape index (κ3) is 3.54. The number of rotatable bonds is 3. The molecule has 0 atom stereocenters. The van der Waals surface area contributed by atoms with Gasteiger partial charge in [-0.25, -0.2) is 0 Å². The van der Waals surface area contributed by atoms with E-state index < -0.39 is 0 Å². The number of hydrogen-bond donors (Lipinski definition) is 0. The molecule has 0 bridgehead atoms. The maximum Gasteiger partial charge on any atom is 0.193 e. The lowest BCUT2D eigenvalue weighted by Crippen LogP contribution is -2.36. The van der Waals surface area contributed by atoms with Crippen LogP contribution < -0.4 is 4.74 Å². The van der Waals surface area contributed by atoms with Gasteiger partial charge in [0, 0.05) is 26.6 Å². The predicted molar refractivity (Wildman–Crippen MR) is 134 cm³/mol. The summed E-state index contributed by atoms with van der Waals surface area (Å²) in [7, 11) is 0. The molecular weight excluding hydrogens is 492 g/mol. The van der Waals surface area contributed by atoms with E-state index in [1.807, 2.05) is 54.6 Å². The summed E-state index contributed by atoms with van der Waals surface area (Å²) < 4.78 is 19.1. The van der Waals surface area contributed by atoms with Crippen molar-refractivity contribution in [2.24, 2.45) is 0 Å². The molecule has 172 valence electrons. The minimum absolute atomic E-state index is 0.104. The number of hydrogen-bond acceptors (Lipinski definition) is 4. The summed E-state index contributed by atoms with van der Waals surface area (Å²) in [5, 5.41) is 0. The van der Waals surface area contributed by atoms with Crippen LogP contribution in [0, 0.1) is 0 Å². The molecule has 0 spiro atoms. The van der Waals surface area contributed by atoms with Crippen molar-refractivity contribution in [3.63, 3.8) is 0 Å². The molecule has 0 saturated carbocycles. The Labute approximate surface area is 207 Å². The monoisotopic (exact) mass is 516 g/mol. The number of Topliss-reactive ketones (excluding diaryl/α,β-unsaturated/α-hetero) is 1. The first-order chi connectivity index (χ1) is 16.4. The topological polar surface area (TPSA) is 44.8 Å². The van der Waals surface area contributed by atoms with E-state index >= 15 is 0 Å². The molecule has 0 aromatic heterocycles. The average Bonchev–Trinajstić information content (AvgIpc) is 3.24. The second-order valence-corrected chi connectivity index (χ2v) is 10.6. The van der Waals surface area contributed by atoms with Crippen molar-refractivity contribution in [1.82, 2.24) is 0 Å². The Kier molecular flexibility index (Phi) is 5.25. The van der Waals surface area contributed by atoms with E-state index in [1.54, 1.807) is 0 Å². The smallest absolute Gasteiger partial charge is 0.193 e. The van der Waals surface area contributed by atoms with Crippen molar-refractivity contribution in [2.75, 3.05) is 13.2 Å². The van der Waals surface area contributed by atoms with Gasteiger partial charge in [0.25, 0.3) is 0 Å². The van der Waals surface area contributed by atoms with Crippen LogP contribution in [0.4, 0.5) is 0 Å². The highest BCUT2D eigenvalue weighted by Gasteiger charge is 2.43. The Bertz CT molecular complexity index is 1320. The maximum atomic E-state index is 13.6. The number of ether oxygens (including phenoxy) is 3. The van der Waals surface area contributed by atoms with Crippen LogP contribution in [0.5, 0.6) is 5.75 Å². The van der Waals surface area contributed by atoms with Crippen molar-refractivity contribution in [3.8, 4) is 5.75 Å². The molecule has 3 aromatic rings. The van der Waals surface area contributed by atoms with E-state index in [-0.39, 0.29) is 23.6 Å². The first-order valence-electron chi connectivity index (χ1n) is 11.6. The zero-order valence-corrected chi connectivity index (χ0v) is 20.7. The van der Waals surface area contributed by atoms with Gasteiger partial charge in [0.2, 0.25) is 0 Å². The largest absolute Gasteiger partial charge is 0.486 e. The molecule has 1 aliphatic heterocycles. The maximum absolute atomic E-state index is 13.6. The second-order valence-electron chi connectivity index (χ2n) is 9.64. The van der Waals surface area contributed by atoms with E-state index in [4.69, 9.17) is 14.2 Å². The van der Waals surface area contributed by atoms with Crippen LogP contribution in [0.2, 0.25) is 0 Å². The first kappa shape index (κ1) is 21.8. The molecule has 3 aromatic carbocycles. The summed E-state index contributed by atoms with van der Waals surface area (Å²) in [5.74, 6) is 0.837. The van der Waals surface area contributed by atoms with Gasteiger partial charge in [0.15, 0.2) is 12.1 Å². The van der Waals surface area contributed by atoms with E-state index in [0.29, 0.717) is 13.2 Å². The molecule has 0 radical (unpaired) electrons. The van der Waals surface area contributed by atoms with Gasteiger partial charge in [-0.05, 0) is 59.0 Å². The highest BCUT2D eigenvalue weighted by Crippen LogP contribution is 2.50. The molecule has 3 aliphatic rings. The Morgan fingerprint density at radius 1 is 0.941 bits per heavy atom. The molecule has 0 unspecified atom stereocenters. The number of halogens is 1. The highest BCUT2D eigenvalue weighted by atomic mass is 79.9. The van der Waals surface area contributed by atoms with Gasteiger partial charge in [-0.15, -0.1) is 0 Å². The SMILES string of the molecule is CC1(C)C2=C(C(=O)c3ccc(OC4COC(c5ccccc5)OC4)cc31)c1ccc(Br)cc1C2. The summed E-state index contributed by atoms with van der Waals surface area (Å²) in [6.07, 6.45) is 0.220. The van der Waals surface area contributed by atoms with Crippen LogP contribution in [-0.4, -0.2) is 25.1 Å². The minimum Gasteiger partial charge on any atom is -0.486 e. The zero-order valence-electron chi connectivity index (χ0n) is 19.1. The summed E-state index contributed by atoms with van der Waals surface area (Å²) in [6.45, 7) is 5.29. The zero-order chi connectivity index (χ0) is 23.4. The molecule has 1 saturated heterocycles. The first-order valence-corrected chi connectivity index (χ1v) is 12.4. The lowest BCUT2D eigenvalue weighted by Gasteiger charge is -2.35. The van der Waals surface area contributed by atoms with Gasteiger partial charge in [-0.3, -0.25) is 4.79 Å². The van der Waals surface area contributed by atoms with Crippen LogP contribution in [-0.2, 0) is 21.3 Å². The second kappa shape index (κ2) is 8.19. The van der Waals surface area contributed by atoms with Crippen LogP contribution in [0.15, 0.2) is 76.8 Å². The van der Waals surface area contributed by atoms with Crippen molar-refractivity contribution in [2.45, 2.75) is 38.1 Å². The van der Waals surface area contributed by atoms with E-state index in [1.165, 1.54) is 11.1 Å². The Morgan fingerprint density at radius 3 is 2.44 bits per heavy atom. The molecule has 0 N–H and O–H groups in total. The highest BCUT2D eigenvalue weighted by molar-refractivity contribution is 9.10. The summed E-state index contributed by atoms with van der Waals surface area (Å²) in [5.41, 5.74) is 6.82. The average molecular weight is 517 g/mol. The van der Waals surface area contributed by atoms with E-state index in [2.05, 4.69) is 41.9 Å². The molecular formula is C29H25BrO4. The van der Waals surface area contributed by atoms with Crippen LogP contribution >= 0.6 is 15.9 Å². The van der Waals surface area contributed by atoms with Gasteiger partial charge in [0.05, 0.1) is 13.2 Å². The van der Waals surface area contributed by atoms with Crippen LogP contribution in [0.1, 0.15) is 52.7 Å². The van der Waals surface area contributed by atoms with Gasteiger partial charge in [0.1, 0.15) is 11.9 Å². The lowest BCUT2D eigenvalue weighted by atomic mass is 9.68. The predicted octanol–water partition coefficient (Wildman–Crippen LogP) is 6.43. The Balaban J connectivity index is 1.23. The van der Waals surface area contributed by atoms with Gasteiger partial charge in [-0.2, -0.15) is 0 Å². The summed E-state index contributed by atoms with van der Waals surface area (Å²) in [4.78, 5) is 13.6. The summed E-state index contributed by atoms with van der Waals surface area (Å²) >= 11 is 3.57. The van der Waals surface area contributed by atoms with Crippen LogP contribution in [0.25, 0.3) is 5.57 Å². The van der Waals surface area contributed by atoms with Crippen molar-refractivity contribution in [1.29, 1.82) is 0 Å². The fourth-order valence-electron chi connectivity index (χ4n) is 5.34. The fourth-order valence-corrected chi connectivity index (χ4v) is 5.75. The fraction of sp³-hybridized carbons (Fsp3) is 0.276. The molecule has 1 heterocycles. The molecule has 2 aliphatic carbocycles. The van der Waals surface area contributed by atoms with E-state index in [0.717, 1.165) is 44.5 Å². The molecule has 1 fully saturated rings. The normalized spacial score (nSPS) is 22.7. The third-order valence-corrected chi connectivity index (χ3v) is 7.63. The van der Waals surface area contributed by atoms with Crippen LogP contribution in [0.3, 0.4) is 0 Å². The number of ketones is 1. The van der Waals surface area contributed by atoms with Crippen molar-refractivity contribution in [3.05, 3.63) is 105 Å². The Morgan fingerprint density at radius 2 is 1.68 bits per heavy atom. The van der Waals surface area contributed by atoms with Gasteiger partial charge >= 0.3 is 0 Å². The lowest BCUT2D eigenvalue weighted by molar-refractivity contribution is -0.215. The summed E-state index contributed by atoms with van der Waals surface area (Å²) in [6, 6.07) is 21.9. The molecule has 5 heteroatoms. The van der Waals surface area contributed by atoms with Crippen molar-refractivity contribution < 1.29 is 19.0 Å². The number of fused-ring (bicyclic) bond motifs is 3. The minimum atomic E-state index is -0.365. The van der Waals surface area contributed by atoms with Gasteiger partial charge in [-0.1, -0.05) is 66.2 Å².